The fourth-order valence-electron chi connectivity index (χ4n) is 3.68. The van der Waals surface area contributed by atoms with Crippen LogP contribution in [0.2, 0.25) is 0 Å². The number of hydrogen-bond acceptors (Lipinski definition) is 2. The molecule has 0 amide bonds. The molecule has 0 bridgehead atoms. The summed E-state index contributed by atoms with van der Waals surface area (Å²) in [5.74, 6) is 0.106. The van der Waals surface area contributed by atoms with Crippen molar-refractivity contribution in [3.63, 3.8) is 0 Å². The maximum Gasteiger partial charge on any atom is 0.228 e. The maximum atomic E-state index is 12.9. The molecule has 0 aliphatic carbocycles. The SMILES string of the molecule is O=C(C[n+]1ccncc1)c1ccc2ccc3cccc4ccc1c2c34. The summed E-state index contributed by atoms with van der Waals surface area (Å²) in [5, 5.41) is 7.05. The van der Waals surface area contributed by atoms with E-state index in [0.717, 1.165) is 10.9 Å². The molecule has 25 heavy (non-hydrogen) atoms. The highest BCUT2D eigenvalue weighted by Crippen LogP contribution is 2.35. The highest BCUT2D eigenvalue weighted by atomic mass is 16.1. The summed E-state index contributed by atoms with van der Waals surface area (Å²) in [5.41, 5.74) is 0.773. The van der Waals surface area contributed by atoms with Crippen LogP contribution in [0.3, 0.4) is 0 Å². The molecule has 0 atom stereocenters. The molecule has 0 spiro atoms. The average molecular weight is 323 g/mol. The topological polar surface area (TPSA) is 33.8 Å². The van der Waals surface area contributed by atoms with Crippen molar-refractivity contribution in [3.8, 4) is 0 Å². The van der Waals surface area contributed by atoms with E-state index >= 15 is 0 Å². The zero-order valence-electron chi connectivity index (χ0n) is 13.5. The first-order valence-corrected chi connectivity index (χ1v) is 8.30. The Morgan fingerprint density at radius 2 is 1.44 bits per heavy atom. The van der Waals surface area contributed by atoms with Crippen molar-refractivity contribution in [2.75, 3.05) is 0 Å². The van der Waals surface area contributed by atoms with E-state index in [1.54, 1.807) is 12.4 Å². The number of Topliss-reactive ketones (excluding diaryl/α,β-unsaturated/α-hetero) is 1. The fourth-order valence-corrected chi connectivity index (χ4v) is 3.68. The lowest BCUT2D eigenvalue weighted by Crippen LogP contribution is -2.37. The number of rotatable bonds is 3. The van der Waals surface area contributed by atoms with Crippen LogP contribution in [0.4, 0.5) is 0 Å². The third-order valence-corrected chi connectivity index (χ3v) is 4.84. The molecule has 3 nitrogen and oxygen atoms in total. The Bertz CT molecular complexity index is 1210. The normalized spacial score (nSPS) is 11.5. The first-order chi connectivity index (χ1) is 12.3. The first-order valence-electron chi connectivity index (χ1n) is 8.30. The van der Waals surface area contributed by atoms with Crippen molar-refractivity contribution in [3.05, 3.63) is 84.9 Å². The maximum absolute atomic E-state index is 12.9. The van der Waals surface area contributed by atoms with E-state index in [2.05, 4.69) is 53.5 Å². The summed E-state index contributed by atoms with van der Waals surface area (Å²) in [6, 6.07) is 18.8. The molecule has 0 saturated heterocycles. The van der Waals surface area contributed by atoms with Gasteiger partial charge in [-0.3, -0.25) is 9.78 Å². The predicted molar refractivity (Wildman–Crippen MR) is 98.9 cm³/mol. The molecule has 1 heterocycles. The summed E-state index contributed by atoms with van der Waals surface area (Å²) in [4.78, 5) is 16.9. The van der Waals surface area contributed by atoms with Crippen molar-refractivity contribution in [1.82, 2.24) is 4.98 Å². The summed E-state index contributed by atoms with van der Waals surface area (Å²) >= 11 is 0. The number of hydrogen-bond donors (Lipinski definition) is 0. The van der Waals surface area contributed by atoms with Gasteiger partial charge >= 0.3 is 0 Å². The van der Waals surface area contributed by atoms with E-state index in [-0.39, 0.29) is 5.78 Å². The first kappa shape index (κ1) is 14.1. The smallest absolute Gasteiger partial charge is 0.228 e. The van der Waals surface area contributed by atoms with Crippen molar-refractivity contribution >= 4 is 38.1 Å². The van der Waals surface area contributed by atoms with E-state index in [1.165, 1.54) is 26.9 Å². The molecular formula is C22H15N2O+. The summed E-state index contributed by atoms with van der Waals surface area (Å²) in [6.07, 6.45) is 7.01. The molecule has 118 valence electrons. The Morgan fingerprint density at radius 1 is 0.800 bits per heavy atom. The second-order valence-electron chi connectivity index (χ2n) is 6.31. The molecular weight excluding hydrogens is 308 g/mol. The summed E-state index contributed by atoms with van der Waals surface area (Å²) < 4.78 is 1.85. The van der Waals surface area contributed by atoms with Gasteiger partial charge in [-0.05, 0) is 38.4 Å². The van der Waals surface area contributed by atoms with Crippen LogP contribution in [0.15, 0.2) is 79.4 Å². The number of carbonyl (C=O) groups is 1. The Morgan fingerprint density at radius 3 is 2.20 bits per heavy atom. The highest BCUT2D eigenvalue weighted by Gasteiger charge is 2.17. The van der Waals surface area contributed by atoms with Gasteiger partial charge in [0, 0.05) is 5.56 Å². The summed E-state index contributed by atoms with van der Waals surface area (Å²) in [7, 11) is 0. The van der Waals surface area contributed by atoms with Gasteiger partial charge in [0.15, 0.2) is 12.4 Å². The second kappa shape index (κ2) is 5.35. The zero-order chi connectivity index (χ0) is 16.8. The average Bonchev–Trinajstić information content (AvgIpc) is 2.67. The number of nitrogens with zero attached hydrogens (tertiary/aromatic N) is 2. The van der Waals surface area contributed by atoms with Crippen molar-refractivity contribution in [1.29, 1.82) is 0 Å². The molecule has 0 unspecified atom stereocenters. The van der Waals surface area contributed by atoms with Gasteiger partial charge < -0.3 is 0 Å². The quantitative estimate of drug-likeness (QED) is 0.284. The Hall–Kier alpha value is -3.33. The molecule has 0 fully saturated rings. The Kier molecular flexibility index (Phi) is 3.01. The lowest BCUT2D eigenvalue weighted by Gasteiger charge is -2.12. The van der Waals surface area contributed by atoms with E-state index in [1.807, 2.05) is 23.0 Å². The predicted octanol–water partition coefficient (Wildman–Crippen LogP) is 4.15. The van der Waals surface area contributed by atoms with Crippen LogP contribution in [0.5, 0.6) is 0 Å². The van der Waals surface area contributed by atoms with Crippen molar-refractivity contribution < 1.29 is 9.36 Å². The molecule has 0 saturated carbocycles. The minimum atomic E-state index is 0.106. The van der Waals surface area contributed by atoms with Crippen LogP contribution in [0, 0.1) is 0 Å². The van der Waals surface area contributed by atoms with Gasteiger partial charge in [-0.25, -0.2) is 0 Å². The third kappa shape index (κ3) is 2.17. The van der Waals surface area contributed by atoms with Gasteiger partial charge in [-0.2, -0.15) is 4.57 Å². The minimum absolute atomic E-state index is 0.106. The number of aromatic nitrogens is 2. The van der Waals surface area contributed by atoms with Gasteiger partial charge in [0.2, 0.25) is 12.3 Å². The Labute approximate surface area is 144 Å². The van der Waals surface area contributed by atoms with Crippen LogP contribution in [0.25, 0.3) is 32.3 Å². The zero-order valence-corrected chi connectivity index (χ0v) is 13.5. The van der Waals surface area contributed by atoms with Gasteiger partial charge in [0.25, 0.3) is 0 Å². The molecule has 3 heteroatoms. The van der Waals surface area contributed by atoms with E-state index in [4.69, 9.17) is 0 Å². The van der Waals surface area contributed by atoms with Crippen LogP contribution in [-0.2, 0) is 6.54 Å². The standard InChI is InChI=1S/C22H15N2O/c25-20(14-24-12-10-23-11-13-24)18-8-6-17-5-4-15-2-1-3-16-7-9-19(18)22(17)21(15)16/h1-13H,14H2/q+1. The molecule has 5 aromatic rings. The van der Waals surface area contributed by atoms with Gasteiger partial charge in [-0.1, -0.05) is 48.5 Å². The molecule has 0 aliphatic heterocycles. The second-order valence-corrected chi connectivity index (χ2v) is 6.31. The van der Waals surface area contributed by atoms with Crippen molar-refractivity contribution in [2.24, 2.45) is 0 Å². The van der Waals surface area contributed by atoms with Crippen LogP contribution in [0.1, 0.15) is 10.4 Å². The molecule has 0 aliphatic rings. The summed E-state index contributed by atoms with van der Waals surface area (Å²) in [6.45, 7) is 0.312. The monoisotopic (exact) mass is 323 g/mol. The molecule has 0 N–H and O–H groups in total. The van der Waals surface area contributed by atoms with E-state index < -0.39 is 0 Å². The van der Waals surface area contributed by atoms with E-state index in [9.17, 15) is 4.79 Å². The molecule has 4 aromatic carbocycles. The van der Waals surface area contributed by atoms with Crippen LogP contribution in [-0.4, -0.2) is 10.8 Å². The Balaban J connectivity index is 1.75. The molecule has 5 rings (SSSR count). The van der Waals surface area contributed by atoms with Crippen molar-refractivity contribution in [2.45, 2.75) is 6.54 Å². The number of benzene rings is 4. The lowest BCUT2D eigenvalue weighted by molar-refractivity contribution is -0.683. The van der Waals surface area contributed by atoms with Gasteiger partial charge in [0.1, 0.15) is 0 Å². The molecule has 0 radical (unpaired) electrons. The van der Waals surface area contributed by atoms with Gasteiger partial charge in [0.05, 0.1) is 12.4 Å². The highest BCUT2D eigenvalue weighted by molar-refractivity contribution is 6.26. The number of carbonyl (C=O) groups excluding carboxylic acids is 1. The fraction of sp³-hybridized carbons (Fsp3) is 0.0455. The minimum Gasteiger partial charge on any atom is -0.287 e. The molecule has 1 aromatic heterocycles. The van der Waals surface area contributed by atoms with Crippen LogP contribution >= 0.6 is 0 Å². The van der Waals surface area contributed by atoms with Crippen LogP contribution < -0.4 is 4.57 Å². The number of ketones is 1. The van der Waals surface area contributed by atoms with Gasteiger partial charge in [-0.15, -0.1) is 0 Å². The lowest BCUT2D eigenvalue weighted by atomic mass is 9.91. The third-order valence-electron chi connectivity index (χ3n) is 4.84. The van der Waals surface area contributed by atoms with E-state index in [0.29, 0.717) is 6.54 Å². The largest absolute Gasteiger partial charge is 0.287 e.